The Morgan fingerprint density at radius 3 is 2.54 bits per heavy atom. The molecule has 0 aliphatic carbocycles. The Balaban J connectivity index is 2.05. The first-order chi connectivity index (χ1) is 11.3. The zero-order chi connectivity index (χ0) is 17.5. The van der Waals surface area contributed by atoms with Crippen molar-refractivity contribution in [2.75, 3.05) is 4.72 Å². The minimum Gasteiger partial charge on any atom is -0.315 e. The molecule has 3 aromatic rings. The van der Waals surface area contributed by atoms with E-state index in [9.17, 15) is 13.2 Å². The quantitative estimate of drug-likeness (QED) is 0.754. The van der Waals surface area contributed by atoms with Crippen LogP contribution in [0.3, 0.4) is 0 Å². The van der Waals surface area contributed by atoms with Crippen molar-refractivity contribution < 1.29 is 8.42 Å². The van der Waals surface area contributed by atoms with Gasteiger partial charge in [-0.15, -0.1) is 0 Å². The Morgan fingerprint density at radius 2 is 1.92 bits per heavy atom. The van der Waals surface area contributed by atoms with Crippen LogP contribution >= 0.6 is 0 Å². The van der Waals surface area contributed by atoms with Gasteiger partial charge in [-0.3, -0.25) is 14.6 Å². The fraction of sp³-hybridized carbons (Fsp3) is 0.250. The average molecular weight is 346 g/mol. The fourth-order valence-electron chi connectivity index (χ4n) is 2.47. The molecule has 0 spiro atoms. The van der Waals surface area contributed by atoms with Gasteiger partial charge in [0.1, 0.15) is 5.39 Å². The summed E-state index contributed by atoms with van der Waals surface area (Å²) < 4.78 is 28.9. The van der Waals surface area contributed by atoms with E-state index in [4.69, 9.17) is 0 Å². The third kappa shape index (κ3) is 2.69. The summed E-state index contributed by atoms with van der Waals surface area (Å²) in [4.78, 5) is 12.5. The second kappa shape index (κ2) is 5.79. The number of rotatable bonds is 4. The molecule has 0 aliphatic rings. The zero-order valence-electron chi connectivity index (χ0n) is 13.6. The van der Waals surface area contributed by atoms with E-state index in [0.717, 1.165) is 17.7 Å². The number of hydrogen-bond donors (Lipinski definition) is 2. The van der Waals surface area contributed by atoms with E-state index in [0.29, 0.717) is 5.52 Å². The van der Waals surface area contributed by atoms with Gasteiger partial charge in [0, 0.05) is 12.7 Å². The maximum absolute atomic E-state index is 12.5. The Hall–Kier alpha value is -2.61. The van der Waals surface area contributed by atoms with E-state index in [2.05, 4.69) is 14.9 Å². The third-order valence-electron chi connectivity index (χ3n) is 4.07. The summed E-state index contributed by atoms with van der Waals surface area (Å²) in [5, 5.41) is 6.87. The number of hydrogen-bond acceptors (Lipinski definition) is 4. The van der Waals surface area contributed by atoms with Crippen LogP contribution in [0.4, 0.5) is 5.82 Å². The lowest BCUT2D eigenvalue weighted by atomic mass is 10.2. The van der Waals surface area contributed by atoms with Gasteiger partial charge in [-0.25, -0.2) is 8.42 Å². The van der Waals surface area contributed by atoms with Gasteiger partial charge in [0.2, 0.25) is 0 Å². The molecule has 1 aromatic carbocycles. The highest BCUT2D eigenvalue weighted by Crippen LogP contribution is 2.21. The lowest BCUT2D eigenvalue weighted by Crippen LogP contribution is -2.20. The number of sulfonamides is 1. The number of nitrogens with one attached hydrogen (secondary N) is 2. The molecule has 24 heavy (non-hydrogen) atoms. The largest absolute Gasteiger partial charge is 0.315 e. The normalized spacial score (nSPS) is 11.8. The minimum absolute atomic E-state index is 0.00479. The van der Waals surface area contributed by atoms with Crippen LogP contribution in [0.1, 0.15) is 18.2 Å². The van der Waals surface area contributed by atoms with Crippen LogP contribution in [0.2, 0.25) is 0 Å². The monoisotopic (exact) mass is 346 g/mol. The lowest BCUT2D eigenvalue weighted by molar-refractivity contribution is 0.601. The van der Waals surface area contributed by atoms with Crippen LogP contribution in [-0.2, 0) is 23.5 Å². The molecule has 0 aliphatic heterocycles. The van der Waals surface area contributed by atoms with Gasteiger partial charge in [-0.2, -0.15) is 5.10 Å². The van der Waals surface area contributed by atoms with E-state index in [1.165, 1.54) is 16.7 Å². The smallest absolute Gasteiger partial charge is 0.263 e. The maximum Gasteiger partial charge on any atom is 0.263 e. The lowest BCUT2D eigenvalue weighted by Gasteiger charge is -2.07. The zero-order valence-corrected chi connectivity index (χ0v) is 14.4. The van der Waals surface area contributed by atoms with Crippen LogP contribution in [0.15, 0.2) is 40.0 Å². The first-order valence-corrected chi connectivity index (χ1v) is 8.98. The van der Waals surface area contributed by atoms with Gasteiger partial charge < -0.3 is 4.57 Å². The molecule has 7 nitrogen and oxygen atoms in total. The van der Waals surface area contributed by atoms with Gasteiger partial charge in [0.15, 0.2) is 5.82 Å². The van der Waals surface area contributed by atoms with Crippen LogP contribution in [0.25, 0.3) is 10.9 Å². The van der Waals surface area contributed by atoms with Crippen molar-refractivity contribution in [3.8, 4) is 0 Å². The summed E-state index contributed by atoms with van der Waals surface area (Å²) in [7, 11) is -2.19. The van der Waals surface area contributed by atoms with E-state index in [1.54, 1.807) is 32.2 Å². The number of fused-ring (bicyclic) bond motifs is 1. The number of nitrogens with zero attached hydrogens (tertiary/aromatic N) is 2. The maximum atomic E-state index is 12.5. The predicted octanol–water partition coefficient (Wildman–Crippen LogP) is 1.93. The highest BCUT2D eigenvalue weighted by atomic mass is 32.2. The molecule has 0 saturated carbocycles. The molecular formula is C16H18N4O3S. The van der Waals surface area contributed by atoms with Gasteiger partial charge >= 0.3 is 0 Å². The standard InChI is InChI=1S/C16H18N4O3S/c1-4-11-5-7-12(8-6-11)24(22,23)19-15-14-13(17-18-15)9-10(2)20(3)16(14)21/h5-9H,4H2,1-3H3,(H2,17,18,19). The molecule has 0 atom stereocenters. The third-order valence-corrected chi connectivity index (χ3v) is 5.42. The second-order valence-electron chi connectivity index (χ2n) is 5.61. The van der Waals surface area contributed by atoms with Gasteiger partial charge in [0.05, 0.1) is 10.4 Å². The topological polar surface area (TPSA) is 96.8 Å². The van der Waals surface area contributed by atoms with Gasteiger partial charge in [-0.1, -0.05) is 19.1 Å². The SMILES string of the molecule is CCc1ccc(S(=O)(=O)Nc2n[nH]c3cc(C)n(C)c(=O)c23)cc1. The summed E-state index contributed by atoms with van der Waals surface area (Å²) in [6, 6.07) is 8.35. The Kier molecular flexibility index (Phi) is 3.92. The highest BCUT2D eigenvalue weighted by Gasteiger charge is 2.19. The number of aromatic amines is 1. The number of benzene rings is 1. The molecule has 0 radical (unpaired) electrons. The average Bonchev–Trinajstić information content (AvgIpc) is 2.94. The number of aryl methyl sites for hydroxylation is 2. The molecule has 0 saturated heterocycles. The molecule has 126 valence electrons. The van der Waals surface area contributed by atoms with Crippen molar-refractivity contribution in [2.24, 2.45) is 7.05 Å². The molecule has 0 bridgehead atoms. The molecule has 0 amide bonds. The number of anilines is 1. The first-order valence-electron chi connectivity index (χ1n) is 7.50. The Morgan fingerprint density at radius 1 is 1.25 bits per heavy atom. The summed E-state index contributed by atoms with van der Waals surface area (Å²) in [6.45, 7) is 3.79. The van der Waals surface area contributed by atoms with E-state index in [-0.39, 0.29) is 21.7 Å². The highest BCUT2D eigenvalue weighted by molar-refractivity contribution is 7.92. The molecule has 0 fully saturated rings. The van der Waals surface area contributed by atoms with Crippen LogP contribution in [-0.4, -0.2) is 23.2 Å². The van der Waals surface area contributed by atoms with E-state index >= 15 is 0 Å². The first kappa shape index (κ1) is 16.3. The summed E-state index contributed by atoms with van der Waals surface area (Å²) in [5.41, 5.74) is 1.98. The second-order valence-corrected chi connectivity index (χ2v) is 7.30. The summed E-state index contributed by atoms with van der Waals surface area (Å²) >= 11 is 0. The molecule has 2 heterocycles. The Labute approximate surface area is 139 Å². The fourth-order valence-corrected chi connectivity index (χ4v) is 3.49. The Bertz CT molecular complexity index is 1060. The van der Waals surface area contributed by atoms with Crippen LogP contribution in [0.5, 0.6) is 0 Å². The van der Waals surface area contributed by atoms with Crippen molar-refractivity contribution in [1.29, 1.82) is 0 Å². The number of pyridine rings is 1. The van der Waals surface area contributed by atoms with Crippen LogP contribution in [0, 0.1) is 6.92 Å². The molecule has 8 heteroatoms. The number of aromatic nitrogens is 3. The molecule has 2 N–H and O–H groups in total. The van der Waals surface area contributed by atoms with E-state index in [1.807, 2.05) is 6.92 Å². The summed E-state index contributed by atoms with van der Waals surface area (Å²) in [5.74, 6) is 0.00479. The van der Waals surface area contributed by atoms with Gasteiger partial charge in [-0.05, 0) is 37.1 Å². The van der Waals surface area contributed by atoms with Crippen molar-refractivity contribution >= 4 is 26.7 Å². The van der Waals surface area contributed by atoms with E-state index < -0.39 is 10.0 Å². The summed E-state index contributed by atoms with van der Waals surface area (Å²) in [6.07, 6.45) is 0.827. The molecule has 2 aromatic heterocycles. The van der Waals surface area contributed by atoms with Crippen molar-refractivity contribution in [1.82, 2.24) is 14.8 Å². The van der Waals surface area contributed by atoms with Crippen LogP contribution < -0.4 is 10.3 Å². The molecule has 3 rings (SSSR count). The van der Waals surface area contributed by atoms with Crippen molar-refractivity contribution in [3.63, 3.8) is 0 Å². The molecule has 0 unspecified atom stereocenters. The minimum atomic E-state index is -3.82. The van der Waals surface area contributed by atoms with Crippen molar-refractivity contribution in [3.05, 3.63) is 51.9 Å². The van der Waals surface area contributed by atoms with Gasteiger partial charge in [0.25, 0.3) is 15.6 Å². The predicted molar refractivity (Wildman–Crippen MR) is 92.7 cm³/mol. The molecular weight excluding hydrogens is 328 g/mol. The van der Waals surface area contributed by atoms with Crippen molar-refractivity contribution in [2.45, 2.75) is 25.2 Å². The number of H-pyrrole nitrogens is 1.